The smallest absolute Gasteiger partial charge is 0.323 e. The van der Waals surface area contributed by atoms with Gasteiger partial charge in [-0.3, -0.25) is 4.79 Å². The molecule has 0 amide bonds. The van der Waals surface area contributed by atoms with Crippen molar-refractivity contribution in [3.8, 4) is 11.5 Å². The minimum atomic E-state index is -1.29. The van der Waals surface area contributed by atoms with E-state index in [4.69, 9.17) is 20.3 Å². The first-order valence-corrected chi connectivity index (χ1v) is 5.14. The maximum atomic E-state index is 10.9. The van der Waals surface area contributed by atoms with Gasteiger partial charge in [-0.2, -0.15) is 0 Å². The van der Waals surface area contributed by atoms with E-state index < -0.39 is 11.5 Å². The largest absolute Gasteiger partial charge is 1.00 e. The summed E-state index contributed by atoms with van der Waals surface area (Å²) in [5.41, 5.74) is 5.18. The van der Waals surface area contributed by atoms with Crippen LogP contribution < -0.4 is 27.6 Å². The Bertz CT molecular complexity index is 421. The number of ether oxygens (including phenoxy) is 2. The highest BCUT2D eigenvalue weighted by Gasteiger charge is 2.28. The molecule has 102 valence electrons. The van der Waals surface area contributed by atoms with Gasteiger partial charge in [0.25, 0.3) is 0 Å². The normalized spacial score (nSPS) is 13.1. The molecule has 0 saturated heterocycles. The lowest BCUT2D eigenvalue weighted by Crippen LogP contribution is -3.00. The third-order valence-electron chi connectivity index (χ3n) is 2.51. The fourth-order valence-electron chi connectivity index (χ4n) is 1.49. The van der Waals surface area contributed by atoms with Crippen molar-refractivity contribution in [2.24, 2.45) is 5.73 Å². The van der Waals surface area contributed by atoms with Gasteiger partial charge in [0.2, 0.25) is 0 Å². The van der Waals surface area contributed by atoms with Crippen molar-refractivity contribution in [3.63, 3.8) is 0 Å². The first-order valence-electron chi connectivity index (χ1n) is 5.14. The molecule has 1 atom stereocenters. The van der Waals surface area contributed by atoms with Gasteiger partial charge in [-0.1, -0.05) is 6.07 Å². The van der Waals surface area contributed by atoms with Crippen LogP contribution in [0.25, 0.3) is 0 Å². The molecule has 0 aliphatic rings. The van der Waals surface area contributed by atoms with Gasteiger partial charge < -0.3 is 32.7 Å². The van der Waals surface area contributed by atoms with Crippen molar-refractivity contribution in [3.05, 3.63) is 23.8 Å². The quantitative estimate of drug-likeness (QED) is 0.652. The van der Waals surface area contributed by atoms with Crippen molar-refractivity contribution < 1.29 is 31.8 Å². The van der Waals surface area contributed by atoms with E-state index in [1.165, 1.54) is 14.0 Å². The molecule has 5 nitrogen and oxygen atoms in total. The summed E-state index contributed by atoms with van der Waals surface area (Å²) < 4.78 is 10.2. The summed E-state index contributed by atoms with van der Waals surface area (Å²) in [5.74, 6) is 0.128. The lowest BCUT2D eigenvalue weighted by molar-refractivity contribution is -0.142. The maximum Gasteiger partial charge on any atom is 0.323 e. The molecule has 0 fully saturated rings. The Morgan fingerprint density at radius 3 is 2.33 bits per heavy atom. The van der Waals surface area contributed by atoms with Crippen LogP contribution in [0.15, 0.2) is 18.2 Å². The van der Waals surface area contributed by atoms with Gasteiger partial charge in [-0.15, -0.1) is 0 Å². The van der Waals surface area contributed by atoms with Crippen LogP contribution in [0.3, 0.4) is 0 Å². The summed E-state index contributed by atoms with van der Waals surface area (Å²) in [4.78, 5) is 10.9. The number of aliphatic carboxylic acids is 1. The predicted molar refractivity (Wildman–Crippen MR) is 63.5 cm³/mol. The van der Waals surface area contributed by atoms with Gasteiger partial charge in [0.15, 0.2) is 11.5 Å². The third-order valence-corrected chi connectivity index (χ3v) is 2.51. The zero-order chi connectivity index (χ0) is 13.1. The number of benzene rings is 1. The van der Waals surface area contributed by atoms with Gasteiger partial charge >= 0.3 is 5.97 Å². The first-order chi connectivity index (χ1) is 7.90. The van der Waals surface area contributed by atoms with Crippen LogP contribution in [0.5, 0.6) is 11.5 Å². The van der Waals surface area contributed by atoms with Crippen LogP contribution in [0.1, 0.15) is 12.5 Å². The highest BCUT2D eigenvalue weighted by atomic mass is 35.5. The van der Waals surface area contributed by atoms with E-state index in [1.807, 2.05) is 0 Å². The maximum absolute atomic E-state index is 10.9. The summed E-state index contributed by atoms with van der Waals surface area (Å²) in [5, 5.41) is 8.95. The van der Waals surface area contributed by atoms with Gasteiger partial charge in [-0.25, -0.2) is 0 Å². The molecule has 0 radical (unpaired) electrons. The Labute approximate surface area is 112 Å². The molecule has 0 saturated carbocycles. The van der Waals surface area contributed by atoms with E-state index in [2.05, 4.69) is 0 Å². The lowest BCUT2D eigenvalue weighted by atomic mass is 9.94. The highest BCUT2D eigenvalue weighted by Crippen LogP contribution is 2.28. The summed E-state index contributed by atoms with van der Waals surface area (Å²) in [7, 11) is 3.07. The summed E-state index contributed by atoms with van der Waals surface area (Å²) in [6.45, 7) is 1.48. The molecule has 1 aromatic carbocycles. The van der Waals surface area contributed by atoms with Crippen LogP contribution in [-0.4, -0.2) is 30.8 Å². The third kappa shape index (κ3) is 3.78. The minimum Gasteiger partial charge on any atom is -1.00 e. The lowest BCUT2D eigenvalue weighted by Gasteiger charge is -2.19. The molecule has 0 bridgehead atoms. The summed E-state index contributed by atoms with van der Waals surface area (Å²) in [6, 6.07) is 5.23. The number of hydrogen-bond acceptors (Lipinski definition) is 4. The molecule has 1 unspecified atom stereocenters. The molecular weight excluding hydrogens is 258 g/mol. The Morgan fingerprint density at radius 1 is 1.33 bits per heavy atom. The van der Waals surface area contributed by atoms with Crippen molar-refractivity contribution in [1.82, 2.24) is 0 Å². The average molecular weight is 275 g/mol. The average Bonchev–Trinajstić information content (AvgIpc) is 2.28. The Balaban J connectivity index is 0.00000289. The van der Waals surface area contributed by atoms with Crippen LogP contribution in [0.4, 0.5) is 0 Å². The number of carboxylic acid groups (broad SMARTS) is 1. The molecular formula is C12H17ClNO4-. The fraction of sp³-hybridized carbons (Fsp3) is 0.417. The monoisotopic (exact) mass is 274 g/mol. The van der Waals surface area contributed by atoms with Gasteiger partial charge in [0.05, 0.1) is 14.2 Å². The van der Waals surface area contributed by atoms with Crippen molar-refractivity contribution >= 4 is 5.97 Å². The number of methoxy groups -OCH3 is 2. The molecule has 0 aliphatic carbocycles. The van der Waals surface area contributed by atoms with Crippen LogP contribution in [0, 0.1) is 0 Å². The first kappa shape index (κ1) is 16.5. The van der Waals surface area contributed by atoms with Gasteiger partial charge in [0, 0.05) is 6.42 Å². The number of nitrogens with two attached hydrogens (primary N) is 1. The van der Waals surface area contributed by atoms with E-state index >= 15 is 0 Å². The number of rotatable bonds is 5. The zero-order valence-corrected chi connectivity index (χ0v) is 11.3. The molecule has 1 rings (SSSR count). The van der Waals surface area contributed by atoms with E-state index in [0.717, 1.165) is 5.56 Å². The van der Waals surface area contributed by atoms with Crippen molar-refractivity contribution in [2.45, 2.75) is 18.9 Å². The molecule has 3 N–H and O–H groups in total. The Kier molecular flexibility index (Phi) is 5.94. The Hall–Kier alpha value is -1.46. The second-order valence-electron chi connectivity index (χ2n) is 4.09. The summed E-state index contributed by atoms with van der Waals surface area (Å²) in [6.07, 6.45) is 0.225. The molecule has 0 heterocycles. The molecule has 0 spiro atoms. The van der Waals surface area contributed by atoms with E-state index in [-0.39, 0.29) is 18.8 Å². The molecule has 6 heteroatoms. The molecule has 18 heavy (non-hydrogen) atoms. The second kappa shape index (κ2) is 6.47. The number of carbonyl (C=O) groups is 1. The van der Waals surface area contributed by atoms with Crippen molar-refractivity contribution in [2.75, 3.05) is 14.2 Å². The van der Waals surface area contributed by atoms with E-state index in [0.29, 0.717) is 11.5 Å². The molecule has 1 aromatic rings. The highest BCUT2D eigenvalue weighted by molar-refractivity contribution is 5.78. The number of hydrogen-bond donors (Lipinski definition) is 2. The van der Waals surface area contributed by atoms with Crippen LogP contribution >= 0.6 is 0 Å². The standard InChI is InChI=1S/C12H17NO4.ClH/c1-12(13,11(14)15)7-8-4-5-9(16-2)10(6-8)17-3;/h4-6H,7,13H2,1-3H3,(H,14,15);1H/p-1. The van der Waals surface area contributed by atoms with Crippen molar-refractivity contribution in [1.29, 1.82) is 0 Å². The second-order valence-corrected chi connectivity index (χ2v) is 4.09. The van der Waals surface area contributed by atoms with E-state index in [9.17, 15) is 4.79 Å². The fourth-order valence-corrected chi connectivity index (χ4v) is 1.49. The van der Waals surface area contributed by atoms with Gasteiger partial charge in [-0.05, 0) is 24.6 Å². The number of halogens is 1. The zero-order valence-electron chi connectivity index (χ0n) is 10.6. The van der Waals surface area contributed by atoms with Crippen LogP contribution in [0.2, 0.25) is 0 Å². The van der Waals surface area contributed by atoms with E-state index in [1.54, 1.807) is 25.3 Å². The molecule has 0 aromatic heterocycles. The summed E-state index contributed by atoms with van der Waals surface area (Å²) >= 11 is 0. The topological polar surface area (TPSA) is 81.8 Å². The molecule has 0 aliphatic heterocycles. The number of carboxylic acids is 1. The minimum absolute atomic E-state index is 0. The Morgan fingerprint density at radius 2 is 1.89 bits per heavy atom. The van der Waals surface area contributed by atoms with Crippen LogP contribution in [-0.2, 0) is 11.2 Å². The predicted octanol–water partition coefficient (Wildman–Crippen LogP) is -1.95. The van der Waals surface area contributed by atoms with Gasteiger partial charge in [0.1, 0.15) is 5.54 Å². The SMILES string of the molecule is COc1ccc(CC(C)(N)C(=O)O)cc1OC.[Cl-].